The van der Waals surface area contributed by atoms with E-state index in [1.54, 1.807) is 6.07 Å². The molecule has 4 aliphatic rings. The number of nitrogens with one attached hydrogen (secondary N) is 1. The fourth-order valence-corrected chi connectivity index (χ4v) is 5.06. The molecule has 1 spiro atoms. The van der Waals surface area contributed by atoms with Crippen LogP contribution < -0.4 is 10.1 Å². The number of likely N-dealkylation sites (N-methyl/N-ethyl adjacent to an activating group) is 1. The number of hydrogen-bond acceptors (Lipinski definition) is 6. The molecule has 3 N–H and O–H groups in total. The highest BCUT2D eigenvalue weighted by molar-refractivity contribution is 5.59. The molecule has 4 atom stereocenters. The van der Waals surface area contributed by atoms with Crippen molar-refractivity contribution in [2.75, 3.05) is 20.3 Å². The molecular weight excluding hydrogens is 298 g/mol. The first kappa shape index (κ1) is 14.0. The number of phenolic OH excluding ortho intramolecular Hbond substituents is 1. The van der Waals surface area contributed by atoms with Gasteiger partial charge in [0.25, 0.3) is 0 Å². The third-order valence-corrected chi connectivity index (χ3v) is 6.12. The lowest BCUT2D eigenvalue weighted by Crippen LogP contribution is -2.66. The zero-order valence-electron chi connectivity index (χ0n) is 13.0. The van der Waals surface area contributed by atoms with Crippen molar-refractivity contribution in [3.8, 4) is 11.5 Å². The summed E-state index contributed by atoms with van der Waals surface area (Å²) in [5.41, 5.74) is 1.12. The van der Waals surface area contributed by atoms with Crippen LogP contribution in [-0.4, -0.2) is 54.0 Å². The van der Waals surface area contributed by atoms with Gasteiger partial charge in [0.15, 0.2) is 17.6 Å². The lowest BCUT2D eigenvalue weighted by Gasteiger charge is -2.53. The summed E-state index contributed by atoms with van der Waals surface area (Å²) in [5.74, 6) is -0.449. The molecule has 2 aliphatic heterocycles. The largest absolute Gasteiger partial charge is 0.504 e. The average molecular weight is 319 g/mol. The van der Waals surface area contributed by atoms with E-state index in [1.807, 2.05) is 13.1 Å². The quantitative estimate of drug-likeness (QED) is 0.705. The Bertz CT molecular complexity index is 671. The molecule has 2 fully saturated rings. The minimum Gasteiger partial charge on any atom is -0.504 e. The zero-order valence-corrected chi connectivity index (χ0v) is 13.0. The number of rotatable bonds is 1. The van der Waals surface area contributed by atoms with Gasteiger partial charge in [0.2, 0.25) is 5.79 Å². The van der Waals surface area contributed by atoms with Crippen LogP contribution in [0.2, 0.25) is 0 Å². The molecule has 1 saturated carbocycles. The molecule has 0 amide bonds. The van der Waals surface area contributed by atoms with E-state index < -0.39 is 17.5 Å². The molecule has 23 heavy (non-hydrogen) atoms. The van der Waals surface area contributed by atoms with Crippen molar-refractivity contribution in [2.24, 2.45) is 0 Å². The van der Waals surface area contributed by atoms with Gasteiger partial charge in [-0.15, -0.1) is 0 Å². The number of fused-ring (bicyclic) bond motifs is 1. The van der Waals surface area contributed by atoms with Crippen molar-refractivity contribution in [3.63, 3.8) is 0 Å². The number of aliphatic hydroxyl groups is 1. The standard InChI is InChI=1S/C17H21NO5/c1-18-11-8-9-2-3-10(19)14-12(9)13-15(23-14)17(21-6-7-22-17)5-4-16(11,13)20/h2-3,11,13,15,18-20H,4-8H2,1H3/t11-,13?,15-,16-/m1/s1. The fraction of sp³-hybridized carbons (Fsp3) is 0.647. The molecule has 1 aromatic carbocycles. The van der Waals surface area contributed by atoms with Crippen molar-refractivity contribution >= 4 is 0 Å². The Morgan fingerprint density at radius 3 is 2.74 bits per heavy atom. The maximum Gasteiger partial charge on any atom is 0.206 e. The van der Waals surface area contributed by atoms with E-state index in [1.165, 1.54) is 0 Å². The molecule has 2 aliphatic carbocycles. The van der Waals surface area contributed by atoms with Crippen molar-refractivity contribution in [1.29, 1.82) is 0 Å². The number of phenols is 1. The average Bonchev–Trinajstić information content (AvgIpc) is 3.17. The highest BCUT2D eigenvalue weighted by Gasteiger charge is 2.67. The number of hydrogen-bond donors (Lipinski definition) is 3. The van der Waals surface area contributed by atoms with Crippen LogP contribution in [0.15, 0.2) is 12.1 Å². The van der Waals surface area contributed by atoms with E-state index in [0.717, 1.165) is 17.5 Å². The summed E-state index contributed by atoms with van der Waals surface area (Å²) in [6, 6.07) is 3.55. The molecule has 2 heterocycles. The van der Waals surface area contributed by atoms with Crippen LogP contribution in [0.5, 0.6) is 11.5 Å². The van der Waals surface area contributed by atoms with Gasteiger partial charge in [-0.25, -0.2) is 0 Å². The van der Waals surface area contributed by atoms with E-state index in [-0.39, 0.29) is 17.7 Å². The molecule has 1 saturated heterocycles. The van der Waals surface area contributed by atoms with Crippen LogP contribution in [0, 0.1) is 0 Å². The molecule has 0 bridgehead atoms. The maximum atomic E-state index is 11.5. The fourth-order valence-electron chi connectivity index (χ4n) is 5.06. The molecule has 6 nitrogen and oxygen atoms in total. The Morgan fingerprint density at radius 2 is 2.00 bits per heavy atom. The molecule has 0 radical (unpaired) electrons. The Labute approximate surface area is 134 Å². The topological polar surface area (TPSA) is 80.2 Å². The Morgan fingerprint density at radius 1 is 1.22 bits per heavy atom. The van der Waals surface area contributed by atoms with E-state index >= 15 is 0 Å². The highest BCUT2D eigenvalue weighted by atomic mass is 16.8. The van der Waals surface area contributed by atoms with E-state index in [0.29, 0.717) is 31.8 Å². The predicted octanol–water partition coefficient (Wildman–Crippen LogP) is 0.649. The van der Waals surface area contributed by atoms with Gasteiger partial charge >= 0.3 is 0 Å². The van der Waals surface area contributed by atoms with Crippen LogP contribution in [0.25, 0.3) is 0 Å². The molecule has 1 unspecified atom stereocenters. The maximum absolute atomic E-state index is 11.5. The van der Waals surface area contributed by atoms with Gasteiger partial charge in [-0.1, -0.05) is 6.07 Å². The smallest absolute Gasteiger partial charge is 0.206 e. The zero-order chi connectivity index (χ0) is 15.8. The molecule has 6 heteroatoms. The Hall–Kier alpha value is -1.34. The minimum absolute atomic E-state index is 0.0552. The third-order valence-electron chi connectivity index (χ3n) is 6.12. The molecular formula is C17H21NO5. The van der Waals surface area contributed by atoms with Gasteiger partial charge in [0.05, 0.1) is 24.7 Å². The van der Waals surface area contributed by atoms with Gasteiger partial charge in [-0.2, -0.15) is 0 Å². The summed E-state index contributed by atoms with van der Waals surface area (Å²) in [5, 5.41) is 25.0. The summed E-state index contributed by atoms with van der Waals surface area (Å²) in [6.07, 6.45) is 1.46. The van der Waals surface area contributed by atoms with Gasteiger partial charge in [-0.3, -0.25) is 0 Å². The van der Waals surface area contributed by atoms with Gasteiger partial charge in [-0.05, 0) is 31.5 Å². The van der Waals surface area contributed by atoms with E-state index in [9.17, 15) is 10.2 Å². The monoisotopic (exact) mass is 319 g/mol. The van der Waals surface area contributed by atoms with Crippen molar-refractivity contribution in [1.82, 2.24) is 5.32 Å². The van der Waals surface area contributed by atoms with Crippen LogP contribution in [-0.2, 0) is 15.9 Å². The van der Waals surface area contributed by atoms with Crippen molar-refractivity contribution in [2.45, 2.75) is 48.7 Å². The normalized spacial score (nSPS) is 39.3. The Balaban J connectivity index is 1.72. The molecule has 0 aromatic heterocycles. The molecule has 1 aromatic rings. The highest BCUT2D eigenvalue weighted by Crippen LogP contribution is 2.61. The van der Waals surface area contributed by atoms with E-state index in [2.05, 4.69) is 5.32 Å². The van der Waals surface area contributed by atoms with Gasteiger partial charge in [0, 0.05) is 18.0 Å². The minimum atomic E-state index is -0.925. The predicted molar refractivity (Wildman–Crippen MR) is 80.6 cm³/mol. The summed E-state index contributed by atoms with van der Waals surface area (Å²) in [7, 11) is 1.88. The van der Waals surface area contributed by atoms with Gasteiger partial charge in [0.1, 0.15) is 0 Å². The van der Waals surface area contributed by atoms with Crippen LogP contribution >= 0.6 is 0 Å². The number of ether oxygens (including phenoxy) is 3. The van der Waals surface area contributed by atoms with Crippen molar-refractivity contribution < 1.29 is 24.4 Å². The van der Waals surface area contributed by atoms with Gasteiger partial charge < -0.3 is 29.7 Å². The first-order valence-corrected chi connectivity index (χ1v) is 8.28. The molecule has 124 valence electrons. The van der Waals surface area contributed by atoms with E-state index in [4.69, 9.17) is 14.2 Å². The second kappa shape index (κ2) is 4.39. The second-order valence-corrected chi connectivity index (χ2v) is 7.05. The SMILES string of the molecule is CN[C@@H]1Cc2ccc(O)c3c2C2[C@@H](O3)C3(CC[C@]21O)OCCO3. The number of aromatic hydroxyl groups is 1. The summed E-state index contributed by atoms with van der Waals surface area (Å²) < 4.78 is 18.0. The lowest BCUT2D eigenvalue weighted by molar-refractivity contribution is -0.258. The summed E-state index contributed by atoms with van der Waals surface area (Å²) in [4.78, 5) is 0. The third kappa shape index (κ3) is 1.57. The van der Waals surface area contributed by atoms with Crippen LogP contribution in [0.4, 0.5) is 0 Å². The lowest BCUT2D eigenvalue weighted by atomic mass is 9.60. The number of benzene rings is 1. The first-order chi connectivity index (χ1) is 11.1. The molecule has 5 rings (SSSR count). The summed E-state index contributed by atoms with van der Waals surface area (Å²) in [6.45, 7) is 1.07. The van der Waals surface area contributed by atoms with Crippen LogP contribution in [0.3, 0.4) is 0 Å². The van der Waals surface area contributed by atoms with Crippen molar-refractivity contribution in [3.05, 3.63) is 23.3 Å². The Kier molecular flexibility index (Phi) is 2.68. The first-order valence-electron chi connectivity index (χ1n) is 8.28. The van der Waals surface area contributed by atoms with Crippen LogP contribution in [0.1, 0.15) is 29.9 Å². The second-order valence-electron chi connectivity index (χ2n) is 7.05. The summed E-state index contributed by atoms with van der Waals surface area (Å²) >= 11 is 0.